The molecule has 1 aliphatic rings. The van der Waals surface area contributed by atoms with Crippen LogP contribution in [-0.4, -0.2) is 4.98 Å². The van der Waals surface area contributed by atoms with E-state index in [0.29, 0.717) is 6.04 Å². The second kappa shape index (κ2) is 5.85. The van der Waals surface area contributed by atoms with Crippen LogP contribution in [0.2, 0.25) is 0 Å². The third-order valence-electron chi connectivity index (χ3n) is 3.64. The van der Waals surface area contributed by atoms with E-state index in [1.54, 1.807) is 0 Å². The van der Waals surface area contributed by atoms with Crippen LogP contribution >= 0.6 is 15.9 Å². The molecule has 2 aromatic rings. The van der Waals surface area contributed by atoms with Gasteiger partial charge in [0.05, 0.1) is 11.7 Å². The summed E-state index contributed by atoms with van der Waals surface area (Å²) in [6, 6.07) is 13.1. The van der Waals surface area contributed by atoms with Crippen LogP contribution in [0.4, 0.5) is 0 Å². The molecule has 1 aromatic carbocycles. The molecule has 0 fully saturated rings. The molecule has 0 aliphatic heterocycles. The molecule has 0 saturated carbocycles. The standard InChI is InChI=1S/C16H17BrN2/c17-14-7-1-4-12(10-14)11-19-15-8-2-5-13-6-3-9-18-16(13)15/h1,3-4,6-7,9-10,15,19H,2,5,8,11H2. The molecule has 98 valence electrons. The molecule has 0 saturated heterocycles. The molecule has 3 heteroatoms. The Bertz CT molecular complexity index is 568. The number of fused-ring (bicyclic) bond motifs is 1. The van der Waals surface area contributed by atoms with Gasteiger partial charge in [0.15, 0.2) is 0 Å². The molecule has 0 spiro atoms. The van der Waals surface area contributed by atoms with E-state index in [-0.39, 0.29) is 0 Å². The van der Waals surface area contributed by atoms with Gasteiger partial charge in [0.1, 0.15) is 0 Å². The lowest BCUT2D eigenvalue weighted by molar-refractivity contribution is 0.447. The van der Waals surface area contributed by atoms with Crippen LogP contribution in [0.5, 0.6) is 0 Å². The summed E-state index contributed by atoms with van der Waals surface area (Å²) in [7, 11) is 0. The summed E-state index contributed by atoms with van der Waals surface area (Å²) < 4.78 is 1.13. The maximum absolute atomic E-state index is 4.56. The predicted octanol–water partition coefficient (Wildman–Crippen LogP) is 4.01. The summed E-state index contributed by atoms with van der Waals surface area (Å²) in [5.41, 5.74) is 3.95. The zero-order valence-electron chi connectivity index (χ0n) is 10.8. The van der Waals surface area contributed by atoms with E-state index >= 15 is 0 Å². The van der Waals surface area contributed by atoms with Crippen LogP contribution in [0.25, 0.3) is 0 Å². The Labute approximate surface area is 122 Å². The molecule has 1 aliphatic carbocycles. The summed E-state index contributed by atoms with van der Waals surface area (Å²) >= 11 is 3.51. The molecule has 0 amide bonds. The lowest BCUT2D eigenvalue weighted by Crippen LogP contribution is -2.25. The predicted molar refractivity (Wildman–Crippen MR) is 80.9 cm³/mol. The van der Waals surface area contributed by atoms with Crippen molar-refractivity contribution >= 4 is 15.9 Å². The summed E-state index contributed by atoms with van der Waals surface area (Å²) in [4.78, 5) is 4.56. The molecule has 1 heterocycles. The second-order valence-electron chi connectivity index (χ2n) is 5.00. The Hall–Kier alpha value is -1.19. The van der Waals surface area contributed by atoms with Crippen molar-refractivity contribution in [3.63, 3.8) is 0 Å². The Morgan fingerprint density at radius 3 is 3.11 bits per heavy atom. The Balaban J connectivity index is 1.71. The highest BCUT2D eigenvalue weighted by atomic mass is 79.9. The summed E-state index contributed by atoms with van der Waals surface area (Å²) in [6.07, 6.45) is 5.49. The molecular formula is C16H17BrN2. The number of aryl methyl sites for hydroxylation is 1. The second-order valence-corrected chi connectivity index (χ2v) is 5.92. The SMILES string of the molecule is Brc1cccc(CNC2CCCc3cccnc32)c1. The number of benzene rings is 1. The van der Waals surface area contributed by atoms with E-state index in [2.05, 4.69) is 56.6 Å². The smallest absolute Gasteiger partial charge is 0.0605 e. The van der Waals surface area contributed by atoms with Crippen molar-refractivity contribution in [3.8, 4) is 0 Å². The van der Waals surface area contributed by atoms with Gasteiger partial charge in [-0.25, -0.2) is 0 Å². The van der Waals surface area contributed by atoms with Gasteiger partial charge in [-0.1, -0.05) is 34.1 Å². The topological polar surface area (TPSA) is 24.9 Å². The maximum Gasteiger partial charge on any atom is 0.0605 e. The molecule has 2 nitrogen and oxygen atoms in total. The molecule has 1 aromatic heterocycles. The van der Waals surface area contributed by atoms with Crippen molar-refractivity contribution < 1.29 is 0 Å². The minimum Gasteiger partial charge on any atom is -0.305 e. The Kier molecular flexibility index (Phi) is 3.95. The van der Waals surface area contributed by atoms with Crippen LogP contribution in [0, 0.1) is 0 Å². The molecule has 3 rings (SSSR count). The zero-order valence-corrected chi connectivity index (χ0v) is 12.4. The number of halogens is 1. The molecule has 1 N–H and O–H groups in total. The van der Waals surface area contributed by atoms with E-state index in [4.69, 9.17) is 0 Å². The quantitative estimate of drug-likeness (QED) is 0.925. The first-order valence-corrected chi connectivity index (χ1v) is 7.54. The average molecular weight is 317 g/mol. The fourth-order valence-corrected chi connectivity index (χ4v) is 3.14. The monoisotopic (exact) mass is 316 g/mol. The normalized spacial score (nSPS) is 18.1. The minimum atomic E-state index is 0.393. The maximum atomic E-state index is 4.56. The summed E-state index contributed by atoms with van der Waals surface area (Å²) in [6.45, 7) is 0.889. The number of hydrogen-bond donors (Lipinski definition) is 1. The highest BCUT2D eigenvalue weighted by molar-refractivity contribution is 9.10. The number of pyridine rings is 1. The van der Waals surface area contributed by atoms with Crippen LogP contribution < -0.4 is 5.32 Å². The number of rotatable bonds is 3. The van der Waals surface area contributed by atoms with Gasteiger partial charge < -0.3 is 5.32 Å². The third kappa shape index (κ3) is 3.04. The average Bonchev–Trinajstić information content (AvgIpc) is 2.45. The van der Waals surface area contributed by atoms with E-state index in [0.717, 1.165) is 17.4 Å². The highest BCUT2D eigenvalue weighted by Gasteiger charge is 2.20. The van der Waals surface area contributed by atoms with Crippen molar-refractivity contribution in [3.05, 3.63) is 63.9 Å². The number of nitrogens with zero attached hydrogens (tertiary/aromatic N) is 1. The first kappa shape index (κ1) is 12.8. The summed E-state index contributed by atoms with van der Waals surface area (Å²) in [5.74, 6) is 0. The van der Waals surface area contributed by atoms with Crippen molar-refractivity contribution in [2.75, 3.05) is 0 Å². The third-order valence-corrected chi connectivity index (χ3v) is 4.13. The first-order chi connectivity index (χ1) is 9.33. The highest BCUT2D eigenvalue weighted by Crippen LogP contribution is 2.27. The van der Waals surface area contributed by atoms with Crippen molar-refractivity contribution in [1.82, 2.24) is 10.3 Å². The molecule has 1 unspecified atom stereocenters. The molecule has 19 heavy (non-hydrogen) atoms. The fourth-order valence-electron chi connectivity index (χ4n) is 2.70. The summed E-state index contributed by atoms with van der Waals surface area (Å²) in [5, 5.41) is 3.64. The van der Waals surface area contributed by atoms with Gasteiger partial charge in [0, 0.05) is 17.2 Å². The van der Waals surface area contributed by atoms with Gasteiger partial charge in [-0.05, 0) is 48.6 Å². The van der Waals surface area contributed by atoms with Crippen LogP contribution in [0.3, 0.4) is 0 Å². The van der Waals surface area contributed by atoms with E-state index < -0.39 is 0 Å². The van der Waals surface area contributed by atoms with Gasteiger partial charge in [-0.15, -0.1) is 0 Å². The van der Waals surface area contributed by atoms with Crippen LogP contribution in [0.1, 0.15) is 35.7 Å². The van der Waals surface area contributed by atoms with Gasteiger partial charge in [-0.3, -0.25) is 4.98 Å². The van der Waals surface area contributed by atoms with Gasteiger partial charge in [-0.2, -0.15) is 0 Å². The van der Waals surface area contributed by atoms with Crippen molar-refractivity contribution in [2.45, 2.75) is 31.8 Å². The molecule has 0 radical (unpaired) electrons. The van der Waals surface area contributed by atoms with E-state index in [1.165, 1.54) is 29.7 Å². The van der Waals surface area contributed by atoms with Gasteiger partial charge in [0.25, 0.3) is 0 Å². The van der Waals surface area contributed by atoms with E-state index in [9.17, 15) is 0 Å². The first-order valence-electron chi connectivity index (χ1n) is 6.74. The number of hydrogen-bond acceptors (Lipinski definition) is 2. The van der Waals surface area contributed by atoms with E-state index in [1.807, 2.05) is 12.3 Å². The number of aromatic nitrogens is 1. The molecular weight excluding hydrogens is 300 g/mol. The fraction of sp³-hybridized carbons (Fsp3) is 0.312. The lowest BCUT2D eigenvalue weighted by Gasteiger charge is -2.25. The molecule has 1 atom stereocenters. The molecule has 0 bridgehead atoms. The lowest BCUT2D eigenvalue weighted by atomic mass is 9.92. The van der Waals surface area contributed by atoms with Crippen LogP contribution in [0.15, 0.2) is 47.1 Å². The largest absolute Gasteiger partial charge is 0.305 e. The van der Waals surface area contributed by atoms with Crippen LogP contribution in [-0.2, 0) is 13.0 Å². The minimum absolute atomic E-state index is 0.393. The van der Waals surface area contributed by atoms with Crippen molar-refractivity contribution in [1.29, 1.82) is 0 Å². The van der Waals surface area contributed by atoms with Crippen molar-refractivity contribution in [2.24, 2.45) is 0 Å². The Morgan fingerprint density at radius 1 is 1.26 bits per heavy atom. The number of nitrogens with one attached hydrogen (secondary N) is 1. The Morgan fingerprint density at radius 2 is 2.21 bits per heavy atom. The van der Waals surface area contributed by atoms with Gasteiger partial charge in [0.2, 0.25) is 0 Å². The zero-order chi connectivity index (χ0) is 13.1. The van der Waals surface area contributed by atoms with Gasteiger partial charge >= 0.3 is 0 Å².